The highest BCUT2D eigenvalue weighted by molar-refractivity contribution is 7.73. The van der Waals surface area contributed by atoms with Crippen LogP contribution in [-0.4, -0.2) is 11.3 Å². The van der Waals surface area contributed by atoms with Crippen molar-refractivity contribution in [2.45, 2.75) is 33.6 Å². The Morgan fingerprint density at radius 1 is 1.30 bits per heavy atom. The Kier molecular flexibility index (Phi) is 6.06. The van der Waals surface area contributed by atoms with E-state index in [9.17, 15) is 0 Å². The first-order valence-electron chi connectivity index (χ1n) is 7.57. The molecule has 0 amide bonds. The average Bonchev–Trinajstić information content (AvgIpc) is 2.84. The van der Waals surface area contributed by atoms with Gasteiger partial charge in [0.05, 0.1) is 5.69 Å². The second kappa shape index (κ2) is 7.65. The van der Waals surface area contributed by atoms with Gasteiger partial charge in [0.25, 0.3) is 0 Å². The number of halogens is 1. The number of hydrogen-bond donors (Lipinski definition) is 0. The summed E-state index contributed by atoms with van der Waals surface area (Å²) in [5.74, 6) is 0. The first kappa shape index (κ1) is 18.2. The van der Waals surface area contributed by atoms with E-state index in [0.29, 0.717) is 10.6 Å². The summed E-state index contributed by atoms with van der Waals surface area (Å²) in [6.07, 6.45) is 1.88. The van der Waals surface area contributed by atoms with Gasteiger partial charge in [0.1, 0.15) is 6.61 Å². The van der Waals surface area contributed by atoms with Crippen LogP contribution >= 0.6 is 35.2 Å². The van der Waals surface area contributed by atoms with Crippen LogP contribution in [0.2, 0.25) is 5.02 Å². The normalized spacial score (nSPS) is 11.5. The number of rotatable bonds is 6. The minimum atomic E-state index is 0.146. The van der Waals surface area contributed by atoms with Crippen molar-refractivity contribution < 1.29 is 4.84 Å². The monoisotopic (exact) mass is 367 g/mol. The molecule has 5 heteroatoms. The topological polar surface area (TPSA) is 14.2 Å². The highest BCUT2D eigenvalue weighted by Gasteiger charge is 2.14. The molecule has 0 radical (unpaired) electrons. The summed E-state index contributed by atoms with van der Waals surface area (Å²) in [6.45, 7) is 11.3. The number of allylic oxidation sites excluding steroid dienone is 1. The molecule has 23 heavy (non-hydrogen) atoms. The fraction of sp³-hybridized carbons (Fsp3) is 0.389. The lowest BCUT2D eigenvalue weighted by molar-refractivity contribution is 0.110. The molecule has 0 bridgehead atoms. The Balaban J connectivity index is 2.01. The lowest BCUT2D eigenvalue weighted by Gasteiger charge is -2.21. The molecule has 0 atom stereocenters. The van der Waals surface area contributed by atoms with Gasteiger partial charge in [-0.05, 0) is 42.6 Å². The molecular formula is C18H22ClNOS2. The summed E-state index contributed by atoms with van der Waals surface area (Å²) in [5, 5.41) is 2.73. The van der Waals surface area contributed by atoms with Crippen molar-refractivity contribution in [3.63, 3.8) is 0 Å². The first-order chi connectivity index (χ1) is 10.8. The standard InChI is InChI=1S/C18H22ClNOS2/c1-13(18(2,3)4)6-5-11-21-20-16(12-23-17(20)22)14-7-9-15(19)10-8-14/h7-10,12H,1,5-6,11H2,2-4H3. The van der Waals surface area contributed by atoms with Crippen molar-refractivity contribution in [3.05, 3.63) is 50.8 Å². The Labute approximate surface area is 152 Å². The number of nitrogens with zero attached hydrogens (tertiary/aromatic N) is 1. The zero-order chi connectivity index (χ0) is 17.0. The van der Waals surface area contributed by atoms with E-state index in [2.05, 4.69) is 27.4 Å². The van der Waals surface area contributed by atoms with E-state index in [0.717, 1.165) is 29.1 Å². The van der Waals surface area contributed by atoms with Gasteiger partial charge in [-0.15, -0.1) is 11.3 Å². The minimum Gasteiger partial charge on any atom is -0.412 e. The van der Waals surface area contributed by atoms with E-state index in [1.165, 1.54) is 16.9 Å². The summed E-state index contributed by atoms with van der Waals surface area (Å²) in [4.78, 5) is 5.90. The SMILES string of the molecule is C=C(CCCOn1c(-c2ccc(Cl)cc2)csc1=S)C(C)(C)C. The molecule has 0 unspecified atom stereocenters. The summed E-state index contributed by atoms with van der Waals surface area (Å²) in [6, 6.07) is 7.69. The van der Waals surface area contributed by atoms with Gasteiger partial charge in [0.15, 0.2) is 3.95 Å². The van der Waals surface area contributed by atoms with Crippen molar-refractivity contribution >= 4 is 35.2 Å². The third-order valence-corrected chi connectivity index (χ3v) is 5.11. The fourth-order valence-electron chi connectivity index (χ4n) is 2.04. The predicted molar refractivity (Wildman–Crippen MR) is 103 cm³/mol. The Morgan fingerprint density at radius 2 is 1.96 bits per heavy atom. The van der Waals surface area contributed by atoms with Crippen molar-refractivity contribution in [1.82, 2.24) is 4.73 Å². The number of thiazole rings is 1. The largest absolute Gasteiger partial charge is 0.412 e. The maximum atomic E-state index is 5.95. The Hall–Kier alpha value is -1.10. The van der Waals surface area contributed by atoms with E-state index in [-0.39, 0.29) is 5.41 Å². The Bertz CT molecular complexity index is 723. The molecule has 0 aliphatic heterocycles. The van der Waals surface area contributed by atoms with Crippen molar-refractivity contribution in [2.24, 2.45) is 5.41 Å². The molecule has 2 aromatic rings. The molecule has 1 aromatic carbocycles. The van der Waals surface area contributed by atoms with Gasteiger partial charge in [-0.3, -0.25) is 0 Å². The molecule has 0 fully saturated rings. The summed E-state index contributed by atoms with van der Waals surface area (Å²) >= 11 is 12.8. The molecule has 0 saturated heterocycles. The maximum Gasteiger partial charge on any atom is 0.197 e. The molecule has 2 rings (SSSR count). The third kappa shape index (κ3) is 4.93. The van der Waals surface area contributed by atoms with E-state index >= 15 is 0 Å². The van der Waals surface area contributed by atoms with Crippen LogP contribution in [0.5, 0.6) is 0 Å². The third-order valence-electron chi connectivity index (χ3n) is 3.70. The summed E-state index contributed by atoms with van der Waals surface area (Å²) in [5.41, 5.74) is 3.40. The zero-order valence-corrected chi connectivity index (χ0v) is 16.2. The van der Waals surface area contributed by atoms with E-state index < -0.39 is 0 Å². The van der Waals surface area contributed by atoms with E-state index in [4.69, 9.17) is 28.7 Å². The van der Waals surface area contributed by atoms with Crippen molar-refractivity contribution in [3.8, 4) is 11.3 Å². The molecule has 0 saturated carbocycles. The van der Waals surface area contributed by atoms with E-state index in [1.54, 1.807) is 4.73 Å². The quantitative estimate of drug-likeness (QED) is 0.332. The van der Waals surface area contributed by atoms with Crippen LogP contribution < -0.4 is 4.84 Å². The minimum absolute atomic E-state index is 0.146. The van der Waals surface area contributed by atoms with Crippen LogP contribution in [0, 0.1) is 9.37 Å². The average molecular weight is 368 g/mol. The van der Waals surface area contributed by atoms with Crippen LogP contribution in [-0.2, 0) is 0 Å². The highest BCUT2D eigenvalue weighted by Crippen LogP contribution is 2.27. The van der Waals surface area contributed by atoms with Gasteiger partial charge < -0.3 is 4.84 Å². The van der Waals surface area contributed by atoms with Gasteiger partial charge in [0, 0.05) is 16.0 Å². The zero-order valence-electron chi connectivity index (χ0n) is 13.8. The van der Waals surface area contributed by atoms with Gasteiger partial charge in [-0.1, -0.05) is 56.7 Å². The second-order valence-electron chi connectivity index (χ2n) is 6.48. The van der Waals surface area contributed by atoms with Crippen LogP contribution in [0.4, 0.5) is 0 Å². The molecule has 1 aromatic heterocycles. The van der Waals surface area contributed by atoms with Gasteiger partial charge in [0.2, 0.25) is 0 Å². The molecule has 124 valence electrons. The van der Waals surface area contributed by atoms with Crippen LogP contribution in [0.1, 0.15) is 33.6 Å². The number of hydrogen-bond acceptors (Lipinski definition) is 3. The van der Waals surface area contributed by atoms with Crippen LogP contribution in [0.15, 0.2) is 41.8 Å². The molecular weight excluding hydrogens is 346 g/mol. The predicted octanol–water partition coefficient (Wildman–Crippen LogP) is 6.41. The number of aromatic nitrogens is 1. The Morgan fingerprint density at radius 3 is 2.57 bits per heavy atom. The lowest BCUT2D eigenvalue weighted by Crippen LogP contribution is -2.15. The molecule has 0 aliphatic rings. The van der Waals surface area contributed by atoms with Gasteiger partial charge in [-0.25, -0.2) is 0 Å². The highest BCUT2D eigenvalue weighted by atomic mass is 35.5. The van der Waals surface area contributed by atoms with Crippen molar-refractivity contribution in [2.75, 3.05) is 6.61 Å². The fourth-order valence-corrected chi connectivity index (χ4v) is 3.16. The van der Waals surface area contributed by atoms with E-state index in [1.807, 2.05) is 29.6 Å². The first-order valence-corrected chi connectivity index (χ1v) is 9.23. The van der Waals surface area contributed by atoms with Gasteiger partial charge in [-0.2, -0.15) is 4.73 Å². The maximum absolute atomic E-state index is 5.95. The molecule has 1 heterocycles. The molecule has 0 aliphatic carbocycles. The van der Waals surface area contributed by atoms with Crippen LogP contribution in [0.3, 0.4) is 0 Å². The van der Waals surface area contributed by atoms with Crippen molar-refractivity contribution in [1.29, 1.82) is 0 Å². The summed E-state index contributed by atoms with van der Waals surface area (Å²) < 4.78 is 2.45. The number of benzene rings is 1. The molecule has 2 nitrogen and oxygen atoms in total. The lowest BCUT2D eigenvalue weighted by atomic mass is 9.85. The molecule has 0 N–H and O–H groups in total. The van der Waals surface area contributed by atoms with Crippen LogP contribution in [0.25, 0.3) is 11.3 Å². The molecule has 0 spiro atoms. The second-order valence-corrected chi connectivity index (χ2v) is 8.42. The van der Waals surface area contributed by atoms with Gasteiger partial charge >= 0.3 is 0 Å². The smallest absolute Gasteiger partial charge is 0.197 e. The summed E-state index contributed by atoms with van der Waals surface area (Å²) in [7, 11) is 0.